The van der Waals surface area contributed by atoms with E-state index < -0.39 is 230 Å². The summed E-state index contributed by atoms with van der Waals surface area (Å²) in [6.07, 6.45) is -56.4. The molecule has 0 aromatic heterocycles. The molecule has 6 rings (SSSR count). The van der Waals surface area contributed by atoms with E-state index in [2.05, 4.69) is 5.32 Å². The molecule has 6 heterocycles. The number of carbonyl (C=O) groups is 1. The minimum Gasteiger partial charge on any atom is -0.394 e. The topological polar surface area (TPSA) is 515 Å². The minimum absolute atomic E-state index is 0.795. The summed E-state index contributed by atoms with van der Waals surface area (Å²) in [6.45, 7) is -4.38. The summed E-state index contributed by atoms with van der Waals surface area (Å²) < 4.78 is 62.0. The van der Waals surface area contributed by atoms with Crippen molar-refractivity contribution in [2.45, 2.75) is 191 Å². The molecule has 0 radical (unpaired) electrons. The van der Waals surface area contributed by atoms with E-state index in [-0.39, 0.29) is 0 Å². The highest BCUT2D eigenvalue weighted by molar-refractivity contribution is 5.73. The maximum absolute atomic E-state index is 12.2. The first-order valence-corrected chi connectivity index (χ1v) is 22.1. The molecule has 1 amide bonds. The zero-order valence-corrected chi connectivity index (χ0v) is 37.0. The maximum Gasteiger partial charge on any atom is 0.217 e. The van der Waals surface area contributed by atoms with Gasteiger partial charge in [0.2, 0.25) is 5.91 Å². The van der Waals surface area contributed by atoms with Gasteiger partial charge in [-0.05, 0) is 0 Å². The second-order valence-corrected chi connectivity index (χ2v) is 17.6. The van der Waals surface area contributed by atoms with Crippen LogP contribution < -0.4 is 5.32 Å². The van der Waals surface area contributed by atoms with Crippen molar-refractivity contribution in [2.75, 3.05) is 39.6 Å². The number of rotatable bonds is 17. The lowest BCUT2D eigenvalue weighted by atomic mass is 9.95. The molecule has 6 fully saturated rings. The van der Waals surface area contributed by atoms with Crippen molar-refractivity contribution in [3.63, 3.8) is 0 Å². The summed E-state index contributed by atoms with van der Waals surface area (Å²) >= 11 is 0. The molecule has 20 N–H and O–H groups in total. The fourth-order valence-corrected chi connectivity index (χ4v) is 8.66. The van der Waals surface area contributed by atoms with Gasteiger partial charge in [-0.25, -0.2) is 0 Å². The van der Waals surface area contributed by atoms with Gasteiger partial charge in [-0.15, -0.1) is 0 Å². The lowest BCUT2D eigenvalue weighted by Crippen LogP contribution is -2.69. The van der Waals surface area contributed by atoms with Crippen LogP contribution in [0.2, 0.25) is 0 Å². The predicted molar refractivity (Wildman–Crippen MR) is 211 cm³/mol. The summed E-state index contributed by atoms with van der Waals surface area (Å²) in [5.41, 5.74) is 0. The van der Waals surface area contributed by atoms with E-state index in [1.807, 2.05) is 0 Å². The van der Waals surface area contributed by atoms with E-state index in [1.54, 1.807) is 0 Å². The Morgan fingerprint density at radius 1 is 0.371 bits per heavy atom. The first-order valence-electron chi connectivity index (χ1n) is 22.1. The third-order valence-electron chi connectivity index (χ3n) is 12.8. The van der Waals surface area contributed by atoms with Crippen LogP contribution in [0.15, 0.2) is 0 Å². The Balaban J connectivity index is 1.29. The highest BCUT2D eigenvalue weighted by atomic mass is 16.8. The molecular weight excluding hydrogens is 966 g/mol. The van der Waals surface area contributed by atoms with Crippen LogP contribution in [-0.2, 0) is 56.9 Å². The lowest BCUT2D eigenvalue weighted by molar-refractivity contribution is -0.402. The summed E-state index contributed by atoms with van der Waals surface area (Å²) in [5.74, 6) is -0.795. The monoisotopic (exact) mass is 1030 g/mol. The first-order chi connectivity index (χ1) is 33.1. The predicted octanol–water partition coefficient (Wildman–Crippen LogP) is -14.0. The molecule has 0 aromatic rings. The number of aliphatic hydroxyl groups is 19. The molecule has 6 aliphatic rings. The van der Waals surface area contributed by atoms with E-state index in [0.29, 0.717) is 0 Å². The minimum atomic E-state index is -2.30. The van der Waals surface area contributed by atoms with Crippen LogP contribution in [0.3, 0.4) is 0 Å². The normalized spacial score (nSPS) is 51.5. The average molecular weight is 1030 g/mol. The van der Waals surface area contributed by atoms with Gasteiger partial charge in [0.25, 0.3) is 0 Å². The Hall–Kier alpha value is -1.73. The van der Waals surface area contributed by atoms with Crippen LogP contribution in [0.5, 0.6) is 0 Å². The summed E-state index contributed by atoms with van der Waals surface area (Å²) in [4.78, 5) is 12.2. The van der Waals surface area contributed by atoms with E-state index in [0.717, 1.165) is 6.92 Å². The molecule has 0 bridgehead atoms. The van der Waals surface area contributed by atoms with Crippen molar-refractivity contribution in [1.29, 1.82) is 0 Å². The van der Waals surface area contributed by atoms with Crippen molar-refractivity contribution < 1.29 is 154 Å². The van der Waals surface area contributed by atoms with Crippen LogP contribution in [0.25, 0.3) is 0 Å². The molecule has 70 heavy (non-hydrogen) atoms. The summed E-state index contributed by atoms with van der Waals surface area (Å²) in [7, 11) is 0. The second kappa shape index (κ2) is 24.7. The Labute approximate surface area is 395 Å². The lowest BCUT2D eigenvalue weighted by Gasteiger charge is -2.50. The Morgan fingerprint density at radius 2 is 0.714 bits per heavy atom. The number of carbonyl (C=O) groups excluding carboxylic acids is 1. The first kappa shape index (κ1) is 57.5. The molecule has 2 unspecified atom stereocenters. The van der Waals surface area contributed by atoms with Crippen molar-refractivity contribution in [2.24, 2.45) is 0 Å². The summed E-state index contributed by atoms with van der Waals surface area (Å²) in [6, 6.07) is -1.66. The van der Waals surface area contributed by atoms with Gasteiger partial charge in [0, 0.05) is 6.92 Å². The molecule has 0 saturated carbocycles. The van der Waals surface area contributed by atoms with Gasteiger partial charge in [0.05, 0.1) is 39.6 Å². The molecule has 0 aromatic carbocycles. The molecule has 408 valence electrons. The molecule has 32 heteroatoms. The number of nitrogens with one attached hydrogen (secondary N) is 1. The van der Waals surface area contributed by atoms with Gasteiger partial charge >= 0.3 is 0 Å². The molecule has 6 aliphatic heterocycles. The fraction of sp³-hybridized carbons (Fsp3) is 0.974. The quantitative estimate of drug-likeness (QED) is 0.0643. The molecular formula is C38H65NO31. The average Bonchev–Trinajstić information content (AvgIpc) is 3.33. The second-order valence-electron chi connectivity index (χ2n) is 17.6. The number of amides is 1. The number of hydrogen-bond acceptors (Lipinski definition) is 31. The largest absolute Gasteiger partial charge is 0.394 e. The van der Waals surface area contributed by atoms with Crippen molar-refractivity contribution >= 4 is 5.91 Å². The highest BCUT2D eigenvalue weighted by Gasteiger charge is 2.57. The van der Waals surface area contributed by atoms with Crippen molar-refractivity contribution in [3.05, 3.63) is 0 Å². The number of ether oxygens (including phenoxy) is 11. The van der Waals surface area contributed by atoms with Gasteiger partial charge in [0.1, 0.15) is 146 Å². The van der Waals surface area contributed by atoms with Crippen molar-refractivity contribution in [1.82, 2.24) is 5.32 Å². The van der Waals surface area contributed by atoms with Crippen LogP contribution in [0, 0.1) is 0 Å². The van der Waals surface area contributed by atoms with Crippen LogP contribution in [-0.4, -0.2) is 327 Å². The van der Waals surface area contributed by atoms with Gasteiger partial charge in [-0.3, -0.25) is 4.79 Å². The Bertz CT molecular complexity index is 1630. The smallest absolute Gasteiger partial charge is 0.217 e. The van der Waals surface area contributed by atoms with Crippen LogP contribution in [0.4, 0.5) is 0 Å². The number of hydrogen-bond donors (Lipinski definition) is 20. The molecule has 0 spiro atoms. The standard InChI is InChI=1S/C38H65NO31/c1-8(44)39-15-22(51)16(45)9(2-40)63-34(15)69-31-25(54)19(48)12(5-43)66-37(31)70-32-26(55)20(49)13(6-60-35-27(56)23(52)17(46)10(3-41)64-35)67-38(32)68-30-21(50)14(62-33(59)29(30)58)7-61-36-28(57)24(53)18(47)11(4-42)65-36/h9-38,40-43,45-59H,2-7H2,1H3,(H,39,44)/t9-,10-,11-,12-,13-,14-,15-,16-,17-,18+,19-,20+,21-,22-,23+,24+,25+,26+,27-,28-,29-,30+,31-,32-,33?,34-,35?,36+,37-,38-/m1/s1. The highest BCUT2D eigenvalue weighted by Crippen LogP contribution is 2.36. The SMILES string of the molecule is CC(=O)N[C@H]1[C@@H](O[C@H]2[C@@H](O[C@H]3[C@@H](O[C@H]4[C@H](O)[C@@H](CO[C@H]5O[C@H](CO)[C@H](O)[C@H](O)[C@H]5O)OC(O)[C@@H]4O)O[C@H](COC4O[C@H](CO)[C@@H](O)[C@H](O)[C@H]4O)[C@H](O)[C@@H]3O)O[C@H](CO)[C@@H](O)[C@@H]2O)O[C@H](CO)[C@@H](O)[C@@H]1O. The summed E-state index contributed by atoms with van der Waals surface area (Å²) in [5, 5.41) is 204. The zero-order valence-electron chi connectivity index (χ0n) is 37.0. The van der Waals surface area contributed by atoms with Crippen LogP contribution in [0.1, 0.15) is 6.92 Å². The Morgan fingerprint density at radius 3 is 1.16 bits per heavy atom. The zero-order chi connectivity index (χ0) is 51.6. The third-order valence-corrected chi connectivity index (χ3v) is 12.8. The molecule has 0 aliphatic carbocycles. The van der Waals surface area contributed by atoms with Gasteiger partial charge < -0.3 is 154 Å². The van der Waals surface area contributed by atoms with E-state index in [1.165, 1.54) is 0 Å². The fourth-order valence-electron chi connectivity index (χ4n) is 8.66. The van der Waals surface area contributed by atoms with Gasteiger partial charge in [0.15, 0.2) is 37.7 Å². The van der Waals surface area contributed by atoms with Gasteiger partial charge in [-0.1, -0.05) is 0 Å². The van der Waals surface area contributed by atoms with Crippen molar-refractivity contribution in [3.8, 4) is 0 Å². The van der Waals surface area contributed by atoms with E-state index in [4.69, 9.17) is 52.1 Å². The third kappa shape index (κ3) is 12.2. The van der Waals surface area contributed by atoms with Crippen LogP contribution >= 0.6 is 0 Å². The van der Waals surface area contributed by atoms with E-state index >= 15 is 0 Å². The Kier molecular flexibility index (Phi) is 20.3. The molecule has 30 atom stereocenters. The number of aliphatic hydroxyl groups excluding tert-OH is 19. The molecule has 6 saturated heterocycles. The van der Waals surface area contributed by atoms with Gasteiger partial charge in [-0.2, -0.15) is 0 Å². The van der Waals surface area contributed by atoms with E-state index in [9.17, 15) is 102 Å². The molecule has 32 nitrogen and oxygen atoms in total. The maximum atomic E-state index is 12.2.